The van der Waals surface area contributed by atoms with E-state index in [-0.39, 0.29) is 0 Å². The molecule has 110 valence electrons. The molecule has 1 atom stereocenters. The number of benzene rings is 1. The van der Waals surface area contributed by atoms with Crippen LogP contribution >= 0.6 is 0 Å². The molecule has 0 fully saturated rings. The maximum atomic E-state index is 12.0. The van der Waals surface area contributed by atoms with Crippen molar-refractivity contribution >= 4 is 21.8 Å². The Morgan fingerprint density at radius 1 is 1.20 bits per heavy atom. The van der Waals surface area contributed by atoms with Gasteiger partial charge >= 0.3 is 11.9 Å². The van der Waals surface area contributed by atoms with Crippen LogP contribution in [-0.2, 0) is 25.2 Å². The Hall–Kier alpha value is -2.09. The molecule has 0 aliphatic heterocycles. The van der Waals surface area contributed by atoms with Crippen LogP contribution in [0.3, 0.4) is 0 Å². The third kappa shape index (κ3) is 4.23. The zero-order chi connectivity index (χ0) is 15.3. The van der Waals surface area contributed by atoms with Gasteiger partial charge in [-0.3, -0.25) is 9.59 Å². The molecular formula is C12H14O7S. The molecule has 0 radical (unpaired) electrons. The molecule has 0 aliphatic rings. The van der Waals surface area contributed by atoms with Crippen molar-refractivity contribution in [3.8, 4) is 5.75 Å². The normalized spacial score (nSPS) is 12.7. The SMILES string of the molecule is COc1ccc(CS(=O)(=O)[C@H](CC(=O)O)C(=O)O)cc1. The molecule has 0 heterocycles. The fraction of sp³-hybridized carbons (Fsp3) is 0.333. The van der Waals surface area contributed by atoms with Gasteiger partial charge in [0.2, 0.25) is 0 Å². The summed E-state index contributed by atoms with van der Waals surface area (Å²) in [6, 6.07) is 6.04. The van der Waals surface area contributed by atoms with E-state index < -0.39 is 39.2 Å². The minimum absolute atomic E-state index is 0.363. The van der Waals surface area contributed by atoms with Crippen LogP contribution in [0.2, 0.25) is 0 Å². The molecule has 1 aromatic rings. The smallest absolute Gasteiger partial charge is 0.322 e. The highest BCUT2D eigenvalue weighted by Gasteiger charge is 2.34. The Labute approximate surface area is 115 Å². The van der Waals surface area contributed by atoms with Crippen LogP contribution in [0.25, 0.3) is 0 Å². The average Bonchev–Trinajstić information content (AvgIpc) is 2.35. The first kappa shape index (κ1) is 16.0. The first-order chi connectivity index (χ1) is 9.26. The molecule has 2 N–H and O–H groups in total. The highest BCUT2D eigenvalue weighted by Crippen LogP contribution is 2.17. The van der Waals surface area contributed by atoms with E-state index in [1.807, 2.05) is 0 Å². The maximum absolute atomic E-state index is 12.0. The van der Waals surface area contributed by atoms with E-state index in [0.29, 0.717) is 11.3 Å². The van der Waals surface area contributed by atoms with Crippen molar-refractivity contribution in [3.05, 3.63) is 29.8 Å². The van der Waals surface area contributed by atoms with Crippen molar-refractivity contribution in [1.82, 2.24) is 0 Å². The average molecular weight is 302 g/mol. The molecule has 8 heteroatoms. The van der Waals surface area contributed by atoms with Crippen molar-refractivity contribution in [2.75, 3.05) is 7.11 Å². The Kier molecular flexibility index (Phi) is 5.09. The van der Waals surface area contributed by atoms with Crippen LogP contribution in [0, 0.1) is 0 Å². The van der Waals surface area contributed by atoms with E-state index in [9.17, 15) is 18.0 Å². The lowest BCUT2D eigenvalue weighted by Gasteiger charge is -2.11. The summed E-state index contributed by atoms with van der Waals surface area (Å²) in [5, 5.41) is 15.5. The molecule has 0 saturated heterocycles. The van der Waals surface area contributed by atoms with E-state index >= 15 is 0 Å². The van der Waals surface area contributed by atoms with Gasteiger partial charge in [0.25, 0.3) is 0 Å². The molecule has 20 heavy (non-hydrogen) atoms. The molecule has 1 rings (SSSR count). The maximum Gasteiger partial charge on any atom is 0.322 e. The van der Waals surface area contributed by atoms with Gasteiger partial charge in [0, 0.05) is 0 Å². The van der Waals surface area contributed by atoms with E-state index in [0.717, 1.165) is 0 Å². The lowest BCUT2D eigenvalue weighted by Crippen LogP contribution is -2.33. The molecule has 0 saturated carbocycles. The monoisotopic (exact) mass is 302 g/mol. The van der Waals surface area contributed by atoms with Crippen molar-refractivity contribution in [1.29, 1.82) is 0 Å². The molecule has 0 amide bonds. The molecule has 0 spiro atoms. The van der Waals surface area contributed by atoms with Gasteiger partial charge in [-0.15, -0.1) is 0 Å². The lowest BCUT2D eigenvalue weighted by atomic mass is 10.2. The van der Waals surface area contributed by atoms with Gasteiger partial charge in [0.1, 0.15) is 5.75 Å². The topological polar surface area (TPSA) is 118 Å². The Morgan fingerprint density at radius 3 is 2.15 bits per heavy atom. The predicted molar refractivity (Wildman–Crippen MR) is 69.3 cm³/mol. The number of carboxylic acids is 2. The van der Waals surface area contributed by atoms with Crippen LogP contribution in [0.15, 0.2) is 24.3 Å². The Morgan fingerprint density at radius 2 is 1.75 bits per heavy atom. The largest absolute Gasteiger partial charge is 0.497 e. The van der Waals surface area contributed by atoms with Crippen molar-refractivity contribution in [2.24, 2.45) is 0 Å². The van der Waals surface area contributed by atoms with E-state index in [1.54, 1.807) is 0 Å². The molecular weight excluding hydrogens is 288 g/mol. The van der Waals surface area contributed by atoms with Crippen LogP contribution in [0.1, 0.15) is 12.0 Å². The Balaban J connectivity index is 2.96. The fourth-order valence-corrected chi connectivity index (χ4v) is 3.14. The van der Waals surface area contributed by atoms with Gasteiger partial charge in [0.15, 0.2) is 15.1 Å². The van der Waals surface area contributed by atoms with Gasteiger partial charge in [0.05, 0.1) is 19.3 Å². The minimum Gasteiger partial charge on any atom is -0.497 e. The molecule has 1 aromatic carbocycles. The number of carboxylic acid groups (broad SMARTS) is 2. The van der Waals surface area contributed by atoms with E-state index in [2.05, 4.69) is 0 Å². The van der Waals surface area contributed by atoms with Crippen LogP contribution in [0.4, 0.5) is 0 Å². The highest BCUT2D eigenvalue weighted by atomic mass is 32.2. The quantitative estimate of drug-likeness (QED) is 0.754. The molecule has 0 bridgehead atoms. The third-order valence-electron chi connectivity index (χ3n) is 2.60. The highest BCUT2D eigenvalue weighted by molar-refractivity contribution is 7.92. The standard InChI is InChI=1S/C12H14O7S/c1-19-9-4-2-8(3-5-9)7-20(17,18)10(12(15)16)6-11(13)14/h2-5,10H,6-7H2,1H3,(H,13,14)(H,15,16)/t10-/m1/s1. The van der Waals surface area contributed by atoms with Gasteiger partial charge in [-0.05, 0) is 17.7 Å². The summed E-state index contributed by atoms with van der Waals surface area (Å²) in [5.41, 5.74) is 0.363. The molecule has 7 nitrogen and oxygen atoms in total. The summed E-state index contributed by atoms with van der Waals surface area (Å²) in [6.07, 6.45) is -0.964. The summed E-state index contributed by atoms with van der Waals surface area (Å²) in [4.78, 5) is 21.5. The number of rotatable bonds is 7. The predicted octanol–water partition coefficient (Wildman–Crippen LogP) is 0.538. The van der Waals surface area contributed by atoms with Crippen LogP contribution in [-0.4, -0.2) is 42.9 Å². The molecule has 0 aliphatic carbocycles. The summed E-state index contributed by atoms with van der Waals surface area (Å²) in [6.45, 7) is 0. The summed E-state index contributed by atoms with van der Waals surface area (Å²) < 4.78 is 28.8. The number of hydrogen-bond acceptors (Lipinski definition) is 5. The number of methoxy groups -OCH3 is 1. The van der Waals surface area contributed by atoms with E-state index in [1.165, 1.54) is 31.4 Å². The molecule has 0 aromatic heterocycles. The van der Waals surface area contributed by atoms with Crippen molar-refractivity contribution < 1.29 is 33.0 Å². The van der Waals surface area contributed by atoms with Gasteiger partial charge in [-0.1, -0.05) is 12.1 Å². The summed E-state index contributed by atoms with van der Waals surface area (Å²) in [5.74, 6) is -3.15. The zero-order valence-corrected chi connectivity index (χ0v) is 11.5. The fourth-order valence-electron chi connectivity index (χ4n) is 1.58. The summed E-state index contributed by atoms with van der Waals surface area (Å²) >= 11 is 0. The zero-order valence-electron chi connectivity index (χ0n) is 10.6. The van der Waals surface area contributed by atoms with Crippen LogP contribution < -0.4 is 4.74 Å². The molecule has 0 unspecified atom stereocenters. The second-order valence-electron chi connectivity index (χ2n) is 4.08. The number of sulfone groups is 1. The first-order valence-electron chi connectivity index (χ1n) is 5.55. The van der Waals surface area contributed by atoms with Gasteiger partial charge < -0.3 is 14.9 Å². The summed E-state index contributed by atoms with van der Waals surface area (Å²) in [7, 11) is -2.65. The first-order valence-corrected chi connectivity index (χ1v) is 7.27. The van der Waals surface area contributed by atoms with Crippen LogP contribution in [0.5, 0.6) is 5.75 Å². The second kappa shape index (κ2) is 6.38. The number of ether oxygens (including phenoxy) is 1. The number of hydrogen-bond donors (Lipinski definition) is 2. The number of carbonyl (C=O) groups is 2. The van der Waals surface area contributed by atoms with Crippen molar-refractivity contribution in [2.45, 2.75) is 17.4 Å². The minimum atomic E-state index is -4.11. The lowest BCUT2D eigenvalue weighted by molar-refractivity contribution is -0.143. The van der Waals surface area contributed by atoms with E-state index in [4.69, 9.17) is 14.9 Å². The third-order valence-corrected chi connectivity index (χ3v) is 4.57. The second-order valence-corrected chi connectivity index (χ2v) is 6.26. The van der Waals surface area contributed by atoms with Gasteiger partial charge in [-0.25, -0.2) is 8.42 Å². The van der Waals surface area contributed by atoms with Gasteiger partial charge in [-0.2, -0.15) is 0 Å². The Bertz CT molecular complexity index is 589. The number of aliphatic carboxylic acids is 2. The van der Waals surface area contributed by atoms with Crippen molar-refractivity contribution in [3.63, 3.8) is 0 Å².